The summed E-state index contributed by atoms with van der Waals surface area (Å²) in [5, 5.41) is 12.4. The van der Waals surface area contributed by atoms with Gasteiger partial charge in [-0.3, -0.25) is 14.9 Å². The third kappa shape index (κ3) is 5.18. The molecule has 0 radical (unpaired) electrons. The van der Waals surface area contributed by atoms with Crippen molar-refractivity contribution in [3.8, 4) is 0 Å². The third-order valence-corrected chi connectivity index (χ3v) is 12.8. The van der Waals surface area contributed by atoms with Crippen molar-refractivity contribution in [1.29, 1.82) is 0 Å². The van der Waals surface area contributed by atoms with Gasteiger partial charge in [0, 0.05) is 36.2 Å². The highest BCUT2D eigenvalue weighted by Crippen LogP contribution is 2.49. The lowest BCUT2D eigenvalue weighted by Crippen LogP contribution is -2.52. The second-order valence-electron chi connectivity index (χ2n) is 11.2. The van der Waals surface area contributed by atoms with Crippen LogP contribution in [-0.2, 0) is 14.6 Å². The van der Waals surface area contributed by atoms with Crippen molar-refractivity contribution in [3.05, 3.63) is 81.9 Å². The molecular formula is C28H39NO4Si. The van der Waals surface area contributed by atoms with E-state index in [4.69, 9.17) is 4.43 Å². The van der Waals surface area contributed by atoms with E-state index in [0.29, 0.717) is 25.9 Å². The Morgan fingerprint density at radius 3 is 1.82 bits per heavy atom. The summed E-state index contributed by atoms with van der Waals surface area (Å²) in [4.78, 5) is 25.3. The zero-order valence-corrected chi connectivity index (χ0v) is 22.3. The number of hydrogen-bond donors (Lipinski definition) is 0. The summed E-state index contributed by atoms with van der Waals surface area (Å²) in [6, 6.07) is 20.5. The molecule has 34 heavy (non-hydrogen) atoms. The van der Waals surface area contributed by atoms with Crippen molar-refractivity contribution in [2.45, 2.75) is 88.4 Å². The molecule has 2 aromatic rings. The maximum atomic E-state index is 13.3. The van der Waals surface area contributed by atoms with Gasteiger partial charge in [0.25, 0.3) is 5.54 Å². The van der Waals surface area contributed by atoms with Crippen molar-refractivity contribution >= 4 is 14.1 Å². The minimum Gasteiger partial charge on any atom is -0.417 e. The Bertz CT molecular complexity index is 933. The largest absolute Gasteiger partial charge is 0.417 e. The molecule has 0 aromatic heterocycles. The topological polar surface area (TPSA) is 69.4 Å². The first kappa shape index (κ1) is 26.3. The number of benzene rings is 2. The van der Waals surface area contributed by atoms with E-state index < -0.39 is 13.9 Å². The van der Waals surface area contributed by atoms with Gasteiger partial charge in [-0.2, -0.15) is 0 Å². The van der Waals surface area contributed by atoms with Crippen LogP contribution < -0.4 is 0 Å². The molecule has 3 rings (SSSR count). The molecule has 1 saturated carbocycles. The van der Waals surface area contributed by atoms with Gasteiger partial charge >= 0.3 is 0 Å². The number of rotatable bonds is 9. The summed E-state index contributed by atoms with van der Waals surface area (Å²) in [7, 11) is -1.90. The van der Waals surface area contributed by atoms with Gasteiger partial charge < -0.3 is 4.43 Å². The van der Waals surface area contributed by atoms with Gasteiger partial charge in [-0.1, -0.05) is 81.4 Å². The van der Waals surface area contributed by atoms with Crippen LogP contribution >= 0.6 is 0 Å². The van der Waals surface area contributed by atoms with Crippen LogP contribution in [0.25, 0.3) is 0 Å². The van der Waals surface area contributed by atoms with Crippen molar-refractivity contribution in [2.24, 2.45) is 0 Å². The SMILES string of the molecule is CC(C)(C)[Si](C)(C)OCCCC(=O)C1([N+](=O)[O-])CCC(c2ccccc2)(c2ccccc2)CC1. The smallest absolute Gasteiger partial charge is 0.279 e. The van der Waals surface area contributed by atoms with Crippen molar-refractivity contribution in [1.82, 2.24) is 0 Å². The minimum atomic E-state index is -1.90. The molecule has 5 nitrogen and oxygen atoms in total. The van der Waals surface area contributed by atoms with E-state index >= 15 is 0 Å². The molecule has 0 heterocycles. The molecule has 0 atom stereocenters. The molecule has 1 aliphatic rings. The number of Topliss-reactive ketones (excluding diaryl/α,β-unsaturated/α-hetero) is 1. The Balaban J connectivity index is 1.75. The van der Waals surface area contributed by atoms with Gasteiger partial charge in [-0.15, -0.1) is 0 Å². The number of ketones is 1. The Morgan fingerprint density at radius 2 is 1.41 bits per heavy atom. The van der Waals surface area contributed by atoms with Gasteiger partial charge in [0.1, 0.15) is 0 Å². The average molecular weight is 482 g/mol. The van der Waals surface area contributed by atoms with E-state index in [9.17, 15) is 14.9 Å². The van der Waals surface area contributed by atoms with Gasteiger partial charge in [0.05, 0.1) is 0 Å². The zero-order chi connectivity index (χ0) is 25.0. The lowest BCUT2D eigenvalue weighted by molar-refractivity contribution is -0.557. The van der Waals surface area contributed by atoms with Gasteiger partial charge in [0.2, 0.25) is 5.78 Å². The standard InChI is InChI=1S/C28H39NO4Si/c1-26(2,3)34(4,5)33-22-12-17-25(30)28(29(31)32)20-18-27(19-21-28,23-13-8-6-9-14-23)24-15-10-7-11-16-24/h6-11,13-16H,12,17-22H2,1-5H3. The molecule has 0 N–H and O–H groups in total. The molecule has 0 amide bonds. The summed E-state index contributed by atoms with van der Waals surface area (Å²) in [5.74, 6) is -0.244. The molecule has 6 heteroatoms. The number of nitro groups is 1. The molecule has 2 aromatic carbocycles. The highest BCUT2D eigenvalue weighted by atomic mass is 28.4. The van der Waals surface area contributed by atoms with Gasteiger partial charge in [0.15, 0.2) is 8.32 Å². The summed E-state index contributed by atoms with van der Waals surface area (Å²) in [6.07, 6.45) is 2.39. The highest BCUT2D eigenvalue weighted by Gasteiger charge is 2.56. The fourth-order valence-electron chi connectivity index (χ4n) is 4.92. The normalized spacial score (nSPS) is 17.8. The predicted molar refractivity (Wildman–Crippen MR) is 139 cm³/mol. The number of nitrogens with zero attached hydrogens (tertiary/aromatic N) is 1. The van der Waals surface area contributed by atoms with E-state index in [0.717, 1.165) is 11.1 Å². The molecule has 1 aliphatic carbocycles. The number of hydrogen-bond acceptors (Lipinski definition) is 4. The second kappa shape index (κ2) is 10.1. The molecule has 0 aliphatic heterocycles. The van der Waals surface area contributed by atoms with E-state index in [2.05, 4.69) is 58.1 Å². The number of carbonyl (C=O) groups is 1. The first-order chi connectivity index (χ1) is 15.9. The van der Waals surface area contributed by atoms with Crippen LogP contribution in [0.5, 0.6) is 0 Å². The molecule has 0 spiro atoms. The maximum absolute atomic E-state index is 13.3. The van der Waals surface area contributed by atoms with Crippen LogP contribution in [-0.4, -0.2) is 31.2 Å². The number of carbonyl (C=O) groups excluding carboxylic acids is 1. The fraction of sp³-hybridized carbons (Fsp3) is 0.536. The Kier molecular flexibility index (Phi) is 7.83. The first-order valence-electron chi connectivity index (χ1n) is 12.4. The molecule has 0 bridgehead atoms. The van der Waals surface area contributed by atoms with Gasteiger partial charge in [-0.25, -0.2) is 0 Å². The summed E-state index contributed by atoms with van der Waals surface area (Å²) < 4.78 is 6.19. The summed E-state index contributed by atoms with van der Waals surface area (Å²) in [6.45, 7) is 11.4. The van der Waals surface area contributed by atoms with Crippen LogP contribution in [0.2, 0.25) is 18.1 Å². The summed E-state index contributed by atoms with van der Waals surface area (Å²) in [5.41, 5.74) is 0.513. The Morgan fingerprint density at radius 1 is 0.941 bits per heavy atom. The van der Waals surface area contributed by atoms with Crippen LogP contribution in [0, 0.1) is 10.1 Å². The first-order valence-corrected chi connectivity index (χ1v) is 15.3. The fourth-order valence-corrected chi connectivity index (χ4v) is 6.01. The Labute approximate surface area is 205 Å². The quantitative estimate of drug-likeness (QED) is 0.168. The lowest BCUT2D eigenvalue weighted by Gasteiger charge is -2.42. The van der Waals surface area contributed by atoms with E-state index in [1.54, 1.807) is 0 Å². The molecular weight excluding hydrogens is 442 g/mol. The van der Waals surface area contributed by atoms with Gasteiger partial charge in [-0.05, 0) is 48.5 Å². The molecule has 0 saturated heterocycles. The second-order valence-corrected chi connectivity index (χ2v) is 16.0. The average Bonchev–Trinajstić information content (AvgIpc) is 2.82. The van der Waals surface area contributed by atoms with Crippen molar-refractivity contribution < 1.29 is 14.1 Å². The monoisotopic (exact) mass is 481 g/mol. The maximum Gasteiger partial charge on any atom is 0.279 e. The van der Waals surface area contributed by atoms with E-state index in [-0.39, 0.29) is 40.4 Å². The molecule has 1 fully saturated rings. The van der Waals surface area contributed by atoms with E-state index in [1.165, 1.54) is 0 Å². The molecule has 0 unspecified atom stereocenters. The zero-order valence-electron chi connectivity index (χ0n) is 21.3. The predicted octanol–water partition coefficient (Wildman–Crippen LogP) is 6.93. The van der Waals surface area contributed by atoms with Crippen LogP contribution in [0.15, 0.2) is 60.7 Å². The molecule has 184 valence electrons. The highest BCUT2D eigenvalue weighted by molar-refractivity contribution is 6.74. The van der Waals surface area contributed by atoms with Crippen molar-refractivity contribution in [3.63, 3.8) is 0 Å². The van der Waals surface area contributed by atoms with E-state index in [1.807, 2.05) is 36.4 Å². The summed E-state index contributed by atoms with van der Waals surface area (Å²) >= 11 is 0. The van der Waals surface area contributed by atoms with Crippen molar-refractivity contribution in [2.75, 3.05) is 6.61 Å². The van der Waals surface area contributed by atoms with Crippen LogP contribution in [0.1, 0.15) is 70.4 Å². The minimum absolute atomic E-state index is 0.0979. The third-order valence-electron chi connectivity index (χ3n) is 8.27. The van der Waals surface area contributed by atoms with Crippen LogP contribution in [0.4, 0.5) is 0 Å². The van der Waals surface area contributed by atoms with Crippen LogP contribution in [0.3, 0.4) is 0 Å². The lowest BCUT2D eigenvalue weighted by atomic mass is 9.60. The Hall–Kier alpha value is -2.31.